The Kier molecular flexibility index (Phi) is 5.68. The van der Waals surface area contributed by atoms with Crippen LogP contribution in [0.2, 0.25) is 0 Å². The molecule has 5 nitrogen and oxygen atoms in total. The number of carbonyl (C=O) groups excluding carboxylic acids is 1. The lowest BCUT2D eigenvalue weighted by Crippen LogP contribution is -2.37. The van der Waals surface area contributed by atoms with Gasteiger partial charge in [0.15, 0.2) is 0 Å². The largest absolute Gasteiger partial charge is 0.492 e. The Morgan fingerprint density at radius 1 is 1.10 bits per heavy atom. The van der Waals surface area contributed by atoms with Crippen molar-refractivity contribution in [3.8, 4) is 5.75 Å². The minimum absolute atomic E-state index is 0.0145. The molecule has 1 unspecified atom stereocenters. The molecule has 0 bridgehead atoms. The van der Waals surface area contributed by atoms with Gasteiger partial charge in [-0.3, -0.25) is 9.69 Å². The van der Waals surface area contributed by atoms with Gasteiger partial charge in [-0.15, -0.1) is 0 Å². The van der Waals surface area contributed by atoms with E-state index < -0.39 is 0 Å². The Bertz CT molecular complexity index is 1070. The molecule has 0 radical (unpaired) electrons. The molecule has 2 fully saturated rings. The van der Waals surface area contributed by atoms with Gasteiger partial charge in [-0.25, -0.2) is 0 Å². The van der Waals surface area contributed by atoms with Crippen LogP contribution in [0.1, 0.15) is 41.6 Å². The number of piperidine rings is 1. The molecule has 0 spiro atoms. The van der Waals surface area contributed by atoms with E-state index in [0.717, 1.165) is 32.5 Å². The molecule has 1 aromatic heterocycles. The molecule has 3 aromatic rings. The summed E-state index contributed by atoms with van der Waals surface area (Å²) in [4.78, 5) is 15.1. The van der Waals surface area contributed by atoms with Gasteiger partial charge >= 0.3 is 0 Å². The highest BCUT2D eigenvalue weighted by molar-refractivity contribution is 5.97. The highest BCUT2D eigenvalue weighted by Gasteiger charge is 2.26. The average molecular weight is 418 g/mol. The first-order chi connectivity index (χ1) is 15.2. The summed E-state index contributed by atoms with van der Waals surface area (Å²) in [5, 5.41) is 4.42. The molecule has 162 valence electrons. The number of rotatable bonds is 7. The highest BCUT2D eigenvalue weighted by Crippen LogP contribution is 2.26. The SMILES string of the molecule is Cn1cc(CN2CCCC(COc3ccccc3C(=O)NC3CC3)C2)c2ccccc21. The van der Waals surface area contributed by atoms with Crippen LogP contribution in [0.15, 0.2) is 54.7 Å². The minimum atomic E-state index is -0.0145. The van der Waals surface area contributed by atoms with Crippen molar-refractivity contribution < 1.29 is 9.53 Å². The topological polar surface area (TPSA) is 46.5 Å². The van der Waals surface area contributed by atoms with E-state index in [-0.39, 0.29) is 5.91 Å². The molecule has 2 aromatic carbocycles. The number of amides is 1. The summed E-state index contributed by atoms with van der Waals surface area (Å²) in [6.45, 7) is 3.78. The highest BCUT2D eigenvalue weighted by atomic mass is 16.5. The lowest BCUT2D eigenvalue weighted by molar-refractivity contribution is 0.0940. The summed E-state index contributed by atoms with van der Waals surface area (Å²) in [5.74, 6) is 1.16. The first kappa shape index (κ1) is 20.1. The van der Waals surface area contributed by atoms with Crippen LogP contribution in [0.25, 0.3) is 10.9 Å². The van der Waals surface area contributed by atoms with Crippen molar-refractivity contribution in [1.29, 1.82) is 0 Å². The maximum Gasteiger partial charge on any atom is 0.255 e. The van der Waals surface area contributed by atoms with Gasteiger partial charge in [-0.05, 0) is 56.0 Å². The molecule has 1 saturated heterocycles. The molecule has 1 amide bonds. The maximum atomic E-state index is 12.5. The van der Waals surface area contributed by atoms with Crippen LogP contribution in [-0.2, 0) is 13.6 Å². The first-order valence-electron chi connectivity index (χ1n) is 11.5. The number of aromatic nitrogens is 1. The molecule has 1 atom stereocenters. The van der Waals surface area contributed by atoms with Crippen LogP contribution in [-0.4, -0.2) is 41.1 Å². The maximum absolute atomic E-state index is 12.5. The fourth-order valence-corrected chi connectivity index (χ4v) is 4.70. The van der Waals surface area contributed by atoms with E-state index in [2.05, 4.69) is 52.3 Å². The van der Waals surface area contributed by atoms with Crippen molar-refractivity contribution in [2.24, 2.45) is 13.0 Å². The van der Waals surface area contributed by atoms with E-state index in [1.807, 2.05) is 24.3 Å². The summed E-state index contributed by atoms with van der Waals surface area (Å²) in [5.41, 5.74) is 3.33. The number of fused-ring (bicyclic) bond motifs is 1. The zero-order valence-corrected chi connectivity index (χ0v) is 18.2. The van der Waals surface area contributed by atoms with E-state index in [1.165, 1.54) is 29.3 Å². The van der Waals surface area contributed by atoms with Gasteiger partial charge in [0.05, 0.1) is 12.2 Å². The van der Waals surface area contributed by atoms with Gasteiger partial charge in [0.1, 0.15) is 5.75 Å². The monoisotopic (exact) mass is 417 g/mol. The second kappa shape index (κ2) is 8.75. The molecule has 5 heteroatoms. The first-order valence-corrected chi connectivity index (χ1v) is 11.5. The Hall–Kier alpha value is -2.79. The second-order valence-electron chi connectivity index (χ2n) is 9.08. The number of nitrogens with zero attached hydrogens (tertiary/aromatic N) is 2. The van der Waals surface area contributed by atoms with Gasteiger partial charge < -0.3 is 14.6 Å². The van der Waals surface area contributed by atoms with Crippen LogP contribution in [0, 0.1) is 5.92 Å². The third kappa shape index (κ3) is 4.62. The third-order valence-electron chi connectivity index (χ3n) is 6.50. The molecular formula is C26H31N3O2. The van der Waals surface area contributed by atoms with Crippen molar-refractivity contribution in [1.82, 2.24) is 14.8 Å². The van der Waals surface area contributed by atoms with E-state index in [1.54, 1.807) is 0 Å². The molecule has 1 aliphatic heterocycles. The van der Waals surface area contributed by atoms with Gasteiger partial charge in [0.2, 0.25) is 0 Å². The molecule has 2 aliphatic rings. The molecular weight excluding hydrogens is 386 g/mol. The van der Waals surface area contributed by atoms with Crippen molar-refractivity contribution in [2.75, 3.05) is 19.7 Å². The Morgan fingerprint density at radius 3 is 2.77 bits per heavy atom. The normalized spacial score (nSPS) is 19.5. The molecule has 2 heterocycles. The lowest BCUT2D eigenvalue weighted by Gasteiger charge is -2.32. The van der Waals surface area contributed by atoms with Crippen molar-refractivity contribution in [3.05, 3.63) is 65.9 Å². The van der Waals surface area contributed by atoms with E-state index in [9.17, 15) is 4.79 Å². The van der Waals surface area contributed by atoms with Crippen molar-refractivity contribution >= 4 is 16.8 Å². The molecule has 1 N–H and O–H groups in total. The zero-order chi connectivity index (χ0) is 21.2. The molecule has 1 aliphatic carbocycles. The van der Waals surface area contributed by atoms with Gasteiger partial charge in [0, 0.05) is 49.2 Å². The summed E-state index contributed by atoms with van der Waals surface area (Å²) in [6, 6.07) is 16.6. The molecule has 31 heavy (non-hydrogen) atoms. The van der Waals surface area contributed by atoms with E-state index >= 15 is 0 Å². The van der Waals surface area contributed by atoms with Gasteiger partial charge in [-0.1, -0.05) is 30.3 Å². The number of para-hydroxylation sites is 2. The Labute approximate surface area is 184 Å². The van der Waals surface area contributed by atoms with Crippen LogP contribution in [0.5, 0.6) is 5.75 Å². The number of hydrogen-bond donors (Lipinski definition) is 1. The number of hydrogen-bond acceptors (Lipinski definition) is 3. The lowest BCUT2D eigenvalue weighted by atomic mass is 9.98. The van der Waals surface area contributed by atoms with Crippen molar-refractivity contribution in [3.63, 3.8) is 0 Å². The van der Waals surface area contributed by atoms with Gasteiger partial charge in [-0.2, -0.15) is 0 Å². The smallest absolute Gasteiger partial charge is 0.255 e. The number of benzene rings is 2. The fourth-order valence-electron chi connectivity index (χ4n) is 4.70. The van der Waals surface area contributed by atoms with Crippen LogP contribution < -0.4 is 10.1 Å². The quantitative estimate of drug-likeness (QED) is 0.621. The summed E-state index contributed by atoms with van der Waals surface area (Å²) < 4.78 is 8.40. The number of carbonyl (C=O) groups is 1. The second-order valence-corrected chi connectivity index (χ2v) is 9.08. The predicted octanol–water partition coefficient (Wildman–Crippen LogP) is 4.36. The summed E-state index contributed by atoms with van der Waals surface area (Å²) in [7, 11) is 2.12. The zero-order valence-electron chi connectivity index (χ0n) is 18.2. The number of likely N-dealkylation sites (tertiary alicyclic amines) is 1. The van der Waals surface area contributed by atoms with Crippen LogP contribution in [0.3, 0.4) is 0 Å². The predicted molar refractivity (Wildman–Crippen MR) is 123 cm³/mol. The Morgan fingerprint density at radius 2 is 1.90 bits per heavy atom. The summed E-state index contributed by atoms with van der Waals surface area (Å²) in [6.07, 6.45) is 6.79. The minimum Gasteiger partial charge on any atom is -0.492 e. The third-order valence-corrected chi connectivity index (χ3v) is 6.50. The molecule has 1 saturated carbocycles. The molecule has 5 rings (SSSR count). The Balaban J connectivity index is 1.21. The van der Waals surface area contributed by atoms with Crippen molar-refractivity contribution in [2.45, 2.75) is 38.3 Å². The standard InChI is InChI=1S/C26H31N3O2/c1-28-16-20(22-8-2-4-10-24(22)28)17-29-14-6-7-19(15-29)18-31-25-11-5-3-9-23(25)26(30)27-21-12-13-21/h2-5,8-11,16,19,21H,6-7,12-15,17-18H2,1H3,(H,27,30). The van der Waals surface area contributed by atoms with Crippen LogP contribution in [0.4, 0.5) is 0 Å². The average Bonchev–Trinajstić information content (AvgIpc) is 3.56. The fraction of sp³-hybridized carbons (Fsp3) is 0.423. The van der Waals surface area contributed by atoms with E-state index in [0.29, 0.717) is 29.9 Å². The number of ether oxygens (including phenoxy) is 1. The van der Waals surface area contributed by atoms with Crippen LogP contribution >= 0.6 is 0 Å². The summed E-state index contributed by atoms with van der Waals surface area (Å²) >= 11 is 0. The number of nitrogens with one attached hydrogen (secondary N) is 1. The van der Waals surface area contributed by atoms with E-state index in [4.69, 9.17) is 4.74 Å². The number of aryl methyl sites for hydroxylation is 1. The van der Waals surface area contributed by atoms with Gasteiger partial charge in [0.25, 0.3) is 5.91 Å².